The lowest BCUT2D eigenvalue weighted by Gasteiger charge is -2.02. The average Bonchev–Trinajstić information content (AvgIpc) is 2.64. The second-order valence-corrected chi connectivity index (χ2v) is 4.04. The Kier molecular flexibility index (Phi) is 2.82. The van der Waals surface area contributed by atoms with Gasteiger partial charge < -0.3 is 5.32 Å². The number of para-hydroxylation sites is 2. The first-order valence-corrected chi connectivity index (χ1v) is 5.38. The number of nitrogens with one attached hydrogen (secondary N) is 1. The molecular weight excluding hydrogens is 226 g/mol. The van der Waals surface area contributed by atoms with Gasteiger partial charge in [0.2, 0.25) is 0 Å². The van der Waals surface area contributed by atoms with Crippen molar-refractivity contribution in [2.75, 3.05) is 5.32 Å². The highest BCUT2D eigenvalue weighted by Gasteiger charge is 2.12. The molecule has 0 atom stereocenters. The Hall–Kier alpha value is -1.95. The highest BCUT2D eigenvalue weighted by molar-refractivity contribution is 7.10. The van der Waals surface area contributed by atoms with Crippen LogP contribution in [0.5, 0.6) is 0 Å². The average molecular weight is 235 g/mol. The summed E-state index contributed by atoms with van der Waals surface area (Å²) in [4.78, 5) is 10.4. The molecule has 0 aliphatic rings. The third-order valence-corrected chi connectivity index (χ3v) is 2.78. The predicted molar refractivity (Wildman–Crippen MR) is 63.2 cm³/mol. The van der Waals surface area contributed by atoms with Crippen molar-refractivity contribution in [1.29, 1.82) is 0 Å². The van der Waals surface area contributed by atoms with Crippen molar-refractivity contribution in [3.8, 4) is 0 Å². The molecule has 1 aromatic heterocycles. The monoisotopic (exact) mass is 235 g/mol. The first-order valence-electron chi connectivity index (χ1n) is 4.60. The quantitative estimate of drug-likeness (QED) is 0.655. The van der Waals surface area contributed by atoms with Gasteiger partial charge in [-0.1, -0.05) is 12.1 Å². The summed E-state index contributed by atoms with van der Waals surface area (Å²) in [7, 11) is 0. The molecule has 0 saturated heterocycles. The van der Waals surface area contributed by atoms with Gasteiger partial charge in [-0.3, -0.25) is 10.1 Å². The van der Waals surface area contributed by atoms with E-state index in [2.05, 4.69) is 9.69 Å². The zero-order chi connectivity index (χ0) is 11.5. The molecule has 5 nitrogen and oxygen atoms in total. The topological polar surface area (TPSA) is 68.1 Å². The minimum Gasteiger partial charge on any atom is -0.340 e. The molecule has 0 unspecified atom stereocenters. The van der Waals surface area contributed by atoms with Crippen LogP contribution in [-0.4, -0.2) is 9.30 Å². The molecule has 82 valence electrons. The zero-order valence-corrected chi connectivity index (χ0v) is 9.32. The van der Waals surface area contributed by atoms with Crippen molar-refractivity contribution in [3.05, 3.63) is 46.1 Å². The van der Waals surface area contributed by atoms with Gasteiger partial charge in [0.05, 0.1) is 10.6 Å². The van der Waals surface area contributed by atoms with E-state index in [1.165, 1.54) is 17.6 Å². The van der Waals surface area contributed by atoms with Crippen molar-refractivity contribution in [3.63, 3.8) is 0 Å². The van der Waals surface area contributed by atoms with E-state index in [-0.39, 0.29) is 5.69 Å². The van der Waals surface area contributed by atoms with Crippen LogP contribution in [0.25, 0.3) is 0 Å². The lowest BCUT2D eigenvalue weighted by atomic mass is 10.2. The minimum atomic E-state index is -0.407. The standard InChI is InChI=1S/C10H9N3O2S/c1-7-6-10(16-12-7)11-8-4-2-3-5-9(8)13(14)15/h2-6,11H,1H3. The number of rotatable bonds is 3. The van der Waals surface area contributed by atoms with Crippen molar-refractivity contribution >= 4 is 27.9 Å². The normalized spacial score (nSPS) is 10.1. The summed E-state index contributed by atoms with van der Waals surface area (Å²) in [6.45, 7) is 1.88. The third kappa shape index (κ3) is 2.17. The van der Waals surface area contributed by atoms with Crippen LogP contribution in [0.1, 0.15) is 5.69 Å². The SMILES string of the molecule is Cc1cc(Nc2ccccc2[N+](=O)[O-])sn1. The van der Waals surface area contributed by atoms with Crippen molar-refractivity contribution in [2.45, 2.75) is 6.92 Å². The van der Waals surface area contributed by atoms with Gasteiger partial charge in [0.25, 0.3) is 5.69 Å². The van der Waals surface area contributed by atoms with E-state index in [0.717, 1.165) is 10.7 Å². The van der Waals surface area contributed by atoms with Gasteiger partial charge in [0, 0.05) is 6.07 Å². The number of aromatic nitrogens is 1. The number of hydrogen-bond acceptors (Lipinski definition) is 5. The molecule has 0 bridgehead atoms. The van der Waals surface area contributed by atoms with Crippen molar-refractivity contribution in [1.82, 2.24) is 4.37 Å². The fraction of sp³-hybridized carbons (Fsp3) is 0.100. The van der Waals surface area contributed by atoms with Crippen LogP contribution in [0.2, 0.25) is 0 Å². The summed E-state index contributed by atoms with van der Waals surface area (Å²) < 4.78 is 4.10. The van der Waals surface area contributed by atoms with Crippen LogP contribution in [0.15, 0.2) is 30.3 Å². The van der Waals surface area contributed by atoms with Gasteiger partial charge >= 0.3 is 0 Å². The Bertz CT molecular complexity index is 524. The Morgan fingerprint density at radius 1 is 1.44 bits per heavy atom. The van der Waals surface area contributed by atoms with Crippen LogP contribution >= 0.6 is 11.5 Å². The molecule has 2 rings (SSSR count). The molecule has 0 spiro atoms. The molecule has 0 saturated carbocycles. The molecule has 16 heavy (non-hydrogen) atoms. The number of benzene rings is 1. The first kappa shape index (κ1) is 10.6. The van der Waals surface area contributed by atoms with Gasteiger partial charge in [0.1, 0.15) is 10.7 Å². The second-order valence-electron chi connectivity index (χ2n) is 3.23. The highest BCUT2D eigenvalue weighted by Crippen LogP contribution is 2.28. The van der Waals surface area contributed by atoms with Crippen LogP contribution in [0, 0.1) is 17.0 Å². The van der Waals surface area contributed by atoms with Crippen LogP contribution in [0.3, 0.4) is 0 Å². The third-order valence-electron chi connectivity index (χ3n) is 1.99. The molecule has 1 N–H and O–H groups in total. The Morgan fingerprint density at radius 3 is 2.81 bits per heavy atom. The molecule has 0 aliphatic heterocycles. The number of nitrogens with zero attached hydrogens (tertiary/aromatic N) is 2. The molecule has 0 amide bonds. The van der Waals surface area contributed by atoms with Gasteiger partial charge in [-0.15, -0.1) is 0 Å². The van der Waals surface area contributed by atoms with E-state index in [1.54, 1.807) is 18.2 Å². The molecule has 0 fully saturated rings. The van der Waals surface area contributed by atoms with E-state index in [1.807, 2.05) is 13.0 Å². The first-order chi connectivity index (χ1) is 7.66. The smallest absolute Gasteiger partial charge is 0.292 e. The fourth-order valence-electron chi connectivity index (χ4n) is 1.29. The van der Waals surface area contributed by atoms with Gasteiger partial charge in [-0.05, 0) is 30.6 Å². The Morgan fingerprint density at radius 2 is 2.19 bits per heavy atom. The minimum absolute atomic E-state index is 0.0635. The number of anilines is 2. The van der Waals surface area contributed by atoms with Crippen molar-refractivity contribution < 1.29 is 4.92 Å². The fourth-order valence-corrected chi connectivity index (χ4v) is 1.97. The molecule has 0 radical (unpaired) electrons. The van der Waals surface area contributed by atoms with Crippen LogP contribution < -0.4 is 5.32 Å². The Balaban J connectivity index is 2.31. The molecule has 1 aromatic carbocycles. The molecular formula is C10H9N3O2S. The van der Waals surface area contributed by atoms with Crippen LogP contribution in [-0.2, 0) is 0 Å². The largest absolute Gasteiger partial charge is 0.340 e. The molecule has 0 aliphatic carbocycles. The summed E-state index contributed by atoms with van der Waals surface area (Å²) in [5.74, 6) is 0. The maximum Gasteiger partial charge on any atom is 0.292 e. The van der Waals surface area contributed by atoms with E-state index in [9.17, 15) is 10.1 Å². The highest BCUT2D eigenvalue weighted by atomic mass is 32.1. The summed E-state index contributed by atoms with van der Waals surface area (Å²) in [5, 5.41) is 14.6. The lowest BCUT2D eigenvalue weighted by molar-refractivity contribution is -0.383. The summed E-state index contributed by atoms with van der Waals surface area (Å²) >= 11 is 1.28. The molecule has 2 aromatic rings. The number of nitro benzene ring substituents is 1. The van der Waals surface area contributed by atoms with Gasteiger partial charge in [0.15, 0.2) is 0 Å². The molecule has 1 heterocycles. The zero-order valence-electron chi connectivity index (χ0n) is 8.51. The van der Waals surface area contributed by atoms with Crippen molar-refractivity contribution in [2.24, 2.45) is 0 Å². The van der Waals surface area contributed by atoms with Crippen LogP contribution in [0.4, 0.5) is 16.4 Å². The number of nitro groups is 1. The predicted octanol–water partition coefficient (Wildman–Crippen LogP) is 3.10. The maximum atomic E-state index is 10.8. The maximum absolute atomic E-state index is 10.8. The lowest BCUT2D eigenvalue weighted by Crippen LogP contribution is -1.95. The summed E-state index contributed by atoms with van der Waals surface area (Å²) in [6.07, 6.45) is 0. The second kappa shape index (κ2) is 4.28. The van der Waals surface area contributed by atoms with E-state index in [0.29, 0.717) is 5.69 Å². The van der Waals surface area contributed by atoms with E-state index >= 15 is 0 Å². The Labute approximate surface area is 96.1 Å². The summed E-state index contributed by atoms with van der Waals surface area (Å²) in [5.41, 5.74) is 1.44. The summed E-state index contributed by atoms with van der Waals surface area (Å²) in [6, 6.07) is 8.38. The van der Waals surface area contributed by atoms with Gasteiger partial charge in [-0.2, -0.15) is 4.37 Å². The number of hydrogen-bond donors (Lipinski definition) is 1. The van der Waals surface area contributed by atoms with E-state index in [4.69, 9.17) is 0 Å². The van der Waals surface area contributed by atoms with Gasteiger partial charge in [-0.25, -0.2) is 0 Å². The molecule has 6 heteroatoms. The van der Waals surface area contributed by atoms with E-state index < -0.39 is 4.92 Å². The number of aryl methyl sites for hydroxylation is 1.